The highest BCUT2D eigenvalue weighted by Crippen LogP contribution is 2.27. The van der Waals surface area contributed by atoms with Crippen molar-refractivity contribution in [2.45, 2.75) is 6.54 Å². The maximum atomic E-state index is 13.3. The Morgan fingerprint density at radius 2 is 2.22 bits per heavy atom. The Kier molecular flexibility index (Phi) is 4.73. The van der Waals surface area contributed by atoms with E-state index in [2.05, 4.69) is 0 Å². The molecule has 6 heteroatoms. The van der Waals surface area contributed by atoms with Crippen LogP contribution in [0.4, 0.5) is 4.39 Å². The monoisotopic (exact) mass is 333 g/mol. The number of furan rings is 1. The maximum Gasteiger partial charge on any atom is 0.264 e. The molecule has 2 heterocycles. The highest BCUT2D eigenvalue weighted by atomic mass is 32.1. The molecule has 0 bridgehead atoms. The minimum absolute atomic E-state index is 0.111. The van der Waals surface area contributed by atoms with Gasteiger partial charge in [0.2, 0.25) is 0 Å². The molecule has 0 unspecified atom stereocenters. The lowest BCUT2D eigenvalue weighted by atomic mass is 10.2. The largest absolute Gasteiger partial charge is 0.467 e. The van der Waals surface area contributed by atoms with Crippen molar-refractivity contribution in [1.82, 2.24) is 4.90 Å². The molecule has 0 atom stereocenters. The summed E-state index contributed by atoms with van der Waals surface area (Å²) in [5.74, 6) is 0.294. The van der Waals surface area contributed by atoms with Crippen LogP contribution in [0.2, 0.25) is 0 Å². The number of thiophene rings is 1. The summed E-state index contributed by atoms with van der Waals surface area (Å²) in [5, 5.41) is 0.739. The van der Waals surface area contributed by atoms with E-state index in [-0.39, 0.29) is 11.7 Å². The first kappa shape index (κ1) is 15.7. The van der Waals surface area contributed by atoms with Crippen molar-refractivity contribution in [2.24, 2.45) is 0 Å². The van der Waals surface area contributed by atoms with Crippen molar-refractivity contribution in [3.05, 3.63) is 59.1 Å². The van der Waals surface area contributed by atoms with Gasteiger partial charge in [0.1, 0.15) is 11.6 Å². The zero-order valence-electron chi connectivity index (χ0n) is 12.6. The Hall–Kier alpha value is -2.18. The zero-order valence-corrected chi connectivity index (χ0v) is 13.4. The van der Waals surface area contributed by atoms with Crippen LogP contribution < -0.4 is 0 Å². The molecular weight excluding hydrogens is 317 g/mol. The van der Waals surface area contributed by atoms with Crippen LogP contribution in [-0.2, 0) is 11.3 Å². The topological polar surface area (TPSA) is 42.7 Å². The summed E-state index contributed by atoms with van der Waals surface area (Å²) < 4.78 is 24.6. The summed E-state index contributed by atoms with van der Waals surface area (Å²) >= 11 is 1.36. The molecule has 0 aliphatic carbocycles. The number of rotatable bonds is 6. The normalized spacial score (nSPS) is 11.0. The number of methoxy groups -OCH3 is 1. The first-order valence-corrected chi connectivity index (χ1v) is 7.98. The van der Waals surface area contributed by atoms with Gasteiger partial charge in [-0.25, -0.2) is 4.39 Å². The van der Waals surface area contributed by atoms with Crippen molar-refractivity contribution in [3.63, 3.8) is 0 Å². The summed E-state index contributed by atoms with van der Waals surface area (Å²) in [5.41, 5.74) is 0. The number of fused-ring (bicyclic) bond motifs is 1. The van der Waals surface area contributed by atoms with E-state index in [1.54, 1.807) is 36.5 Å². The van der Waals surface area contributed by atoms with Crippen LogP contribution >= 0.6 is 11.3 Å². The van der Waals surface area contributed by atoms with Gasteiger partial charge in [-0.1, -0.05) is 0 Å². The average Bonchev–Trinajstić information content (AvgIpc) is 3.19. The minimum atomic E-state index is -0.305. The molecule has 3 rings (SSSR count). The van der Waals surface area contributed by atoms with Gasteiger partial charge >= 0.3 is 0 Å². The Balaban J connectivity index is 1.85. The van der Waals surface area contributed by atoms with E-state index in [1.807, 2.05) is 6.07 Å². The summed E-state index contributed by atoms with van der Waals surface area (Å²) in [7, 11) is 1.60. The number of carbonyl (C=O) groups is 1. The molecule has 2 aromatic heterocycles. The molecule has 4 nitrogen and oxygen atoms in total. The second-order valence-corrected chi connectivity index (χ2v) is 6.18. The van der Waals surface area contributed by atoms with Crippen LogP contribution in [0.1, 0.15) is 15.4 Å². The molecule has 0 aliphatic rings. The van der Waals surface area contributed by atoms with Gasteiger partial charge < -0.3 is 14.1 Å². The Morgan fingerprint density at radius 3 is 2.96 bits per heavy atom. The van der Waals surface area contributed by atoms with Gasteiger partial charge in [0.25, 0.3) is 5.91 Å². The van der Waals surface area contributed by atoms with Crippen molar-refractivity contribution in [2.75, 3.05) is 20.3 Å². The highest BCUT2D eigenvalue weighted by Gasteiger charge is 2.19. The summed E-state index contributed by atoms with van der Waals surface area (Å²) in [6, 6.07) is 9.88. The van der Waals surface area contributed by atoms with E-state index >= 15 is 0 Å². The molecule has 23 heavy (non-hydrogen) atoms. The first-order valence-electron chi connectivity index (χ1n) is 7.17. The predicted molar refractivity (Wildman–Crippen MR) is 87.1 cm³/mol. The Bertz CT molecular complexity index is 797. The van der Waals surface area contributed by atoms with Crippen LogP contribution in [0.15, 0.2) is 47.1 Å². The van der Waals surface area contributed by atoms with Crippen LogP contribution in [0.5, 0.6) is 0 Å². The molecule has 0 aliphatic heterocycles. The highest BCUT2D eigenvalue weighted by molar-refractivity contribution is 7.20. The van der Waals surface area contributed by atoms with E-state index < -0.39 is 0 Å². The van der Waals surface area contributed by atoms with Crippen LogP contribution in [-0.4, -0.2) is 31.1 Å². The lowest BCUT2D eigenvalue weighted by molar-refractivity contribution is 0.0671. The molecule has 0 radical (unpaired) electrons. The fraction of sp³-hybridized carbons (Fsp3) is 0.235. The molecule has 0 saturated carbocycles. The van der Waals surface area contributed by atoms with Gasteiger partial charge in [-0.15, -0.1) is 11.3 Å². The molecular formula is C17H16FNO3S. The molecule has 1 aromatic carbocycles. The number of benzene rings is 1. The zero-order chi connectivity index (χ0) is 16.2. The maximum absolute atomic E-state index is 13.3. The van der Waals surface area contributed by atoms with E-state index in [0.29, 0.717) is 30.3 Å². The summed E-state index contributed by atoms with van der Waals surface area (Å²) in [6.07, 6.45) is 1.58. The predicted octanol–water partition coefficient (Wildman–Crippen LogP) is 3.92. The third kappa shape index (κ3) is 3.60. The molecule has 120 valence electrons. The number of hydrogen-bond acceptors (Lipinski definition) is 4. The van der Waals surface area contributed by atoms with Crippen molar-refractivity contribution in [3.8, 4) is 0 Å². The van der Waals surface area contributed by atoms with E-state index in [9.17, 15) is 9.18 Å². The fourth-order valence-electron chi connectivity index (χ4n) is 2.32. The van der Waals surface area contributed by atoms with Gasteiger partial charge in [0.15, 0.2) is 0 Å². The Labute approximate surface area is 137 Å². The molecule has 0 spiro atoms. The second kappa shape index (κ2) is 6.93. The first-order chi connectivity index (χ1) is 11.2. The van der Waals surface area contributed by atoms with Gasteiger partial charge in [-0.3, -0.25) is 4.79 Å². The molecule has 1 amide bonds. The van der Waals surface area contributed by atoms with Gasteiger partial charge in [-0.2, -0.15) is 0 Å². The summed E-state index contributed by atoms with van der Waals surface area (Å²) in [6.45, 7) is 1.27. The van der Waals surface area contributed by atoms with Crippen molar-refractivity contribution >= 4 is 27.3 Å². The lowest BCUT2D eigenvalue weighted by Gasteiger charge is -2.20. The van der Waals surface area contributed by atoms with Crippen LogP contribution in [0.3, 0.4) is 0 Å². The average molecular weight is 333 g/mol. The third-order valence-electron chi connectivity index (χ3n) is 3.47. The van der Waals surface area contributed by atoms with Crippen LogP contribution in [0.25, 0.3) is 10.1 Å². The van der Waals surface area contributed by atoms with E-state index in [4.69, 9.17) is 9.15 Å². The SMILES string of the molecule is COCCN(Cc1ccco1)C(=O)c1cc2cc(F)ccc2s1. The van der Waals surface area contributed by atoms with Gasteiger partial charge in [0, 0.05) is 18.4 Å². The van der Waals surface area contributed by atoms with Gasteiger partial charge in [0.05, 0.1) is 24.3 Å². The molecule has 3 aromatic rings. The van der Waals surface area contributed by atoms with E-state index in [0.717, 1.165) is 10.1 Å². The Morgan fingerprint density at radius 1 is 1.35 bits per heavy atom. The number of hydrogen-bond donors (Lipinski definition) is 0. The molecule has 0 saturated heterocycles. The van der Waals surface area contributed by atoms with E-state index in [1.165, 1.54) is 23.5 Å². The standard InChI is InChI=1S/C17H16FNO3S/c1-21-8-6-19(11-14-3-2-7-22-14)17(20)16-10-12-9-13(18)4-5-15(12)23-16/h2-5,7,9-10H,6,8,11H2,1H3. The fourth-order valence-corrected chi connectivity index (χ4v) is 3.33. The molecule has 0 fully saturated rings. The van der Waals surface area contributed by atoms with Crippen LogP contribution in [0, 0.1) is 5.82 Å². The number of ether oxygens (including phenoxy) is 1. The number of halogens is 1. The minimum Gasteiger partial charge on any atom is -0.467 e. The summed E-state index contributed by atoms with van der Waals surface area (Å²) in [4.78, 5) is 15.0. The number of nitrogens with zero attached hydrogens (tertiary/aromatic N) is 1. The van der Waals surface area contributed by atoms with Gasteiger partial charge in [-0.05, 0) is 41.8 Å². The second-order valence-electron chi connectivity index (χ2n) is 5.09. The van der Waals surface area contributed by atoms with Crippen molar-refractivity contribution in [1.29, 1.82) is 0 Å². The third-order valence-corrected chi connectivity index (χ3v) is 4.57. The number of amides is 1. The molecule has 0 N–H and O–H groups in total. The quantitative estimate of drug-likeness (QED) is 0.686. The lowest BCUT2D eigenvalue weighted by Crippen LogP contribution is -2.32. The smallest absolute Gasteiger partial charge is 0.264 e. The number of carbonyl (C=O) groups excluding carboxylic acids is 1. The van der Waals surface area contributed by atoms with Crippen molar-refractivity contribution < 1.29 is 18.3 Å².